The molecule has 12 heteroatoms. The number of urea groups is 1. The van der Waals surface area contributed by atoms with Gasteiger partial charge in [-0.25, -0.2) is 18.8 Å². The number of carbonyl (C=O) groups is 1. The fraction of sp³-hybridized carbons (Fsp3) is 0.286. The van der Waals surface area contributed by atoms with Gasteiger partial charge >= 0.3 is 6.03 Å². The highest BCUT2D eigenvalue weighted by atomic mass is 79.9. The molecule has 0 unspecified atom stereocenters. The molecule has 0 aliphatic carbocycles. The topological polar surface area (TPSA) is 125 Å². The Bertz CT molecular complexity index is 830. The monoisotopic (exact) mass is 428 g/mol. The molecule has 0 atom stereocenters. The van der Waals surface area contributed by atoms with Gasteiger partial charge in [-0.3, -0.25) is 10.7 Å². The summed E-state index contributed by atoms with van der Waals surface area (Å²) in [5.74, 6) is -0.551. The number of benzene rings is 1. The molecule has 0 saturated carbocycles. The molecular formula is C14H14BrFN6O4. The molecule has 0 spiro atoms. The predicted octanol–water partition coefficient (Wildman–Crippen LogP) is 1.43. The summed E-state index contributed by atoms with van der Waals surface area (Å²) in [6.45, 7) is 1.68. The third-order valence-electron chi connectivity index (χ3n) is 3.48. The summed E-state index contributed by atoms with van der Waals surface area (Å²) in [7, 11) is 0. The summed E-state index contributed by atoms with van der Waals surface area (Å²) in [6.07, 6.45) is 0. The van der Waals surface area contributed by atoms with Crippen molar-refractivity contribution in [2.24, 2.45) is 4.99 Å². The number of hydrogen-bond acceptors (Lipinski definition) is 7. The van der Waals surface area contributed by atoms with Gasteiger partial charge < -0.3 is 15.0 Å². The maximum atomic E-state index is 13.3. The second kappa shape index (κ2) is 8.10. The zero-order chi connectivity index (χ0) is 18.5. The Morgan fingerprint density at radius 2 is 2.38 bits per heavy atom. The van der Waals surface area contributed by atoms with E-state index in [1.807, 2.05) is 5.48 Å². The lowest BCUT2D eigenvalue weighted by Gasteiger charge is -2.13. The minimum absolute atomic E-state index is 0.00826. The van der Waals surface area contributed by atoms with E-state index in [4.69, 9.17) is 4.74 Å². The molecule has 10 nitrogen and oxygen atoms in total. The van der Waals surface area contributed by atoms with E-state index in [-0.39, 0.29) is 34.5 Å². The summed E-state index contributed by atoms with van der Waals surface area (Å²) in [5.41, 5.74) is 2.26. The van der Waals surface area contributed by atoms with Crippen molar-refractivity contribution in [2.45, 2.75) is 0 Å². The number of aromatic nitrogens is 2. The molecule has 138 valence electrons. The van der Waals surface area contributed by atoms with Crippen LogP contribution in [0.2, 0.25) is 0 Å². The zero-order valence-electron chi connectivity index (χ0n) is 13.3. The largest absolute Gasteiger partial charge is 0.472 e. The second-order valence-corrected chi connectivity index (χ2v) is 6.01. The third kappa shape index (κ3) is 4.08. The van der Waals surface area contributed by atoms with Crippen LogP contribution in [0.4, 0.5) is 14.9 Å². The summed E-state index contributed by atoms with van der Waals surface area (Å²) in [6, 6.07) is 3.90. The number of amides is 2. The molecule has 3 N–H and O–H groups in total. The van der Waals surface area contributed by atoms with Gasteiger partial charge in [0.05, 0.1) is 16.7 Å². The number of nitrogens with one attached hydrogen (secondary N) is 2. The van der Waals surface area contributed by atoms with E-state index in [0.717, 1.165) is 0 Å². The van der Waals surface area contributed by atoms with E-state index in [1.54, 1.807) is 4.90 Å². The highest BCUT2D eigenvalue weighted by molar-refractivity contribution is 9.10. The first-order chi connectivity index (χ1) is 12.6. The van der Waals surface area contributed by atoms with Crippen LogP contribution >= 0.6 is 15.9 Å². The van der Waals surface area contributed by atoms with Crippen LogP contribution < -0.4 is 15.5 Å². The van der Waals surface area contributed by atoms with Gasteiger partial charge in [0.1, 0.15) is 12.4 Å². The van der Waals surface area contributed by atoms with E-state index < -0.39 is 5.82 Å². The Labute approximate surface area is 155 Å². The number of ether oxygens (including phenoxy) is 1. The summed E-state index contributed by atoms with van der Waals surface area (Å²) >= 11 is 3.06. The number of aliphatic imine (C=N–C) groups is 1. The minimum atomic E-state index is -0.444. The Balaban J connectivity index is 1.71. The lowest BCUT2D eigenvalue weighted by molar-refractivity contribution is 0.197. The number of hydrogen-bond donors (Lipinski definition) is 3. The number of hydroxylamine groups is 1. The van der Waals surface area contributed by atoms with Gasteiger partial charge in [-0.2, -0.15) is 0 Å². The normalized spacial score (nSPS) is 14.5. The molecule has 1 aliphatic rings. The molecule has 26 heavy (non-hydrogen) atoms. The highest BCUT2D eigenvalue weighted by Gasteiger charge is 2.21. The van der Waals surface area contributed by atoms with Crippen molar-refractivity contribution >= 4 is 33.5 Å². The van der Waals surface area contributed by atoms with Gasteiger partial charge in [0.25, 0.3) is 5.88 Å². The maximum absolute atomic E-state index is 13.3. The molecule has 2 amide bonds. The van der Waals surface area contributed by atoms with Crippen LogP contribution in [0.25, 0.3) is 0 Å². The Morgan fingerprint density at radius 3 is 3.08 bits per heavy atom. The number of rotatable bonds is 6. The van der Waals surface area contributed by atoms with Gasteiger partial charge in [0.2, 0.25) is 5.69 Å². The van der Waals surface area contributed by atoms with E-state index in [0.29, 0.717) is 25.3 Å². The van der Waals surface area contributed by atoms with Crippen LogP contribution in [-0.2, 0) is 0 Å². The van der Waals surface area contributed by atoms with Crippen molar-refractivity contribution < 1.29 is 23.8 Å². The molecule has 2 aromatic rings. The SMILES string of the molecule is O=C1NCCN1CCOc1nonc1C(=Nc1ccc(F)c(Br)c1)NO. The third-order valence-corrected chi connectivity index (χ3v) is 4.09. The van der Waals surface area contributed by atoms with Crippen molar-refractivity contribution in [3.63, 3.8) is 0 Å². The predicted molar refractivity (Wildman–Crippen MR) is 90.0 cm³/mol. The highest BCUT2D eigenvalue weighted by Crippen LogP contribution is 2.23. The molecule has 2 heterocycles. The first-order valence-electron chi connectivity index (χ1n) is 7.51. The van der Waals surface area contributed by atoms with Crippen molar-refractivity contribution in [3.05, 3.63) is 34.2 Å². The molecule has 1 aliphatic heterocycles. The standard InChI is InChI=1S/C14H14BrFN6O4/c15-9-7-8(1-2-10(9)16)18-12(19-24)11-13(21-26-20-11)25-6-5-22-4-3-17-14(22)23/h1-2,7,24H,3-6H2,(H,17,23)(H,18,19). The van der Waals surface area contributed by atoms with Gasteiger partial charge in [0, 0.05) is 13.1 Å². The molecule has 1 aromatic carbocycles. The molecular weight excluding hydrogens is 415 g/mol. The lowest BCUT2D eigenvalue weighted by Crippen LogP contribution is -2.32. The van der Waals surface area contributed by atoms with Crippen LogP contribution in [0.5, 0.6) is 5.88 Å². The quantitative estimate of drug-likeness (QED) is 0.361. The Morgan fingerprint density at radius 1 is 1.54 bits per heavy atom. The van der Waals surface area contributed by atoms with Gasteiger partial charge in [-0.15, -0.1) is 0 Å². The van der Waals surface area contributed by atoms with Crippen molar-refractivity contribution in [1.82, 2.24) is 26.0 Å². The average Bonchev–Trinajstić information content (AvgIpc) is 3.25. The van der Waals surface area contributed by atoms with Gasteiger partial charge in [-0.1, -0.05) is 0 Å². The number of carbonyl (C=O) groups excluding carboxylic acids is 1. The second-order valence-electron chi connectivity index (χ2n) is 5.16. The van der Waals surface area contributed by atoms with Crippen molar-refractivity contribution in [3.8, 4) is 5.88 Å². The van der Waals surface area contributed by atoms with E-state index in [9.17, 15) is 14.4 Å². The van der Waals surface area contributed by atoms with Crippen LogP contribution in [0.3, 0.4) is 0 Å². The Kier molecular flexibility index (Phi) is 5.63. The first kappa shape index (κ1) is 18.1. The Hall–Kier alpha value is -2.73. The number of amidine groups is 1. The molecule has 1 aromatic heterocycles. The summed E-state index contributed by atoms with van der Waals surface area (Å²) in [4.78, 5) is 17.2. The van der Waals surface area contributed by atoms with Crippen LogP contribution in [0.1, 0.15) is 5.69 Å². The fourth-order valence-corrected chi connectivity index (χ4v) is 2.58. The van der Waals surface area contributed by atoms with E-state index in [1.165, 1.54) is 18.2 Å². The van der Waals surface area contributed by atoms with E-state index in [2.05, 4.69) is 41.2 Å². The molecule has 3 rings (SSSR count). The fourth-order valence-electron chi connectivity index (χ4n) is 2.21. The molecule has 0 radical (unpaired) electrons. The average molecular weight is 429 g/mol. The van der Waals surface area contributed by atoms with Crippen molar-refractivity contribution in [1.29, 1.82) is 0 Å². The first-order valence-corrected chi connectivity index (χ1v) is 8.30. The maximum Gasteiger partial charge on any atom is 0.317 e. The van der Waals surface area contributed by atoms with E-state index >= 15 is 0 Å². The van der Waals surface area contributed by atoms with Gasteiger partial charge in [0.15, 0.2) is 5.84 Å². The molecule has 0 bridgehead atoms. The smallest absolute Gasteiger partial charge is 0.317 e. The summed E-state index contributed by atoms with van der Waals surface area (Å²) < 4.78 is 23.6. The van der Waals surface area contributed by atoms with Crippen LogP contribution in [0.15, 0.2) is 32.3 Å². The number of halogens is 2. The summed E-state index contributed by atoms with van der Waals surface area (Å²) in [5, 5.41) is 19.3. The minimum Gasteiger partial charge on any atom is -0.472 e. The van der Waals surface area contributed by atoms with Crippen LogP contribution in [0, 0.1) is 5.82 Å². The molecule has 1 fully saturated rings. The lowest BCUT2D eigenvalue weighted by atomic mass is 10.3. The van der Waals surface area contributed by atoms with Gasteiger partial charge in [-0.05, 0) is 44.4 Å². The zero-order valence-corrected chi connectivity index (χ0v) is 14.9. The van der Waals surface area contributed by atoms with Crippen LogP contribution in [-0.4, -0.2) is 58.5 Å². The van der Waals surface area contributed by atoms with Crippen molar-refractivity contribution in [2.75, 3.05) is 26.2 Å². The molecule has 1 saturated heterocycles. The number of nitrogens with zero attached hydrogens (tertiary/aromatic N) is 4.